The van der Waals surface area contributed by atoms with E-state index < -0.39 is 0 Å². The highest BCUT2D eigenvalue weighted by molar-refractivity contribution is 5.85. The summed E-state index contributed by atoms with van der Waals surface area (Å²) in [5, 5.41) is 3.21. The lowest BCUT2D eigenvalue weighted by Gasteiger charge is -2.37. The number of hydrogen-bond donors (Lipinski definition) is 1. The fourth-order valence-corrected chi connectivity index (χ4v) is 1.60. The van der Waals surface area contributed by atoms with E-state index in [9.17, 15) is 0 Å². The van der Waals surface area contributed by atoms with Crippen molar-refractivity contribution < 1.29 is 9.47 Å². The summed E-state index contributed by atoms with van der Waals surface area (Å²) in [7, 11) is 1.75. The first-order valence-electron chi connectivity index (χ1n) is 3.72. The topological polar surface area (TPSA) is 30.5 Å². The van der Waals surface area contributed by atoms with Gasteiger partial charge in [0.25, 0.3) is 0 Å². The molecule has 1 spiro atoms. The smallest absolute Gasteiger partial charge is 0.0956 e. The summed E-state index contributed by atoms with van der Waals surface area (Å²) in [6, 6.07) is 0. The van der Waals surface area contributed by atoms with Gasteiger partial charge in [-0.15, -0.1) is 12.4 Å². The van der Waals surface area contributed by atoms with Gasteiger partial charge in [0.1, 0.15) is 0 Å². The van der Waals surface area contributed by atoms with Crippen molar-refractivity contribution in [2.24, 2.45) is 0 Å². The largest absolute Gasteiger partial charge is 0.379 e. The predicted octanol–water partition coefficient (Wildman–Crippen LogP) is 0.186. The normalized spacial score (nSPS) is 33.0. The molecule has 1 atom stereocenters. The fraction of sp³-hybridized carbons (Fsp3) is 1.00. The Kier molecular flexibility index (Phi) is 2.75. The minimum Gasteiger partial charge on any atom is -0.379 e. The lowest BCUT2D eigenvalue weighted by atomic mass is 9.93. The van der Waals surface area contributed by atoms with E-state index in [0.717, 1.165) is 26.1 Å². The number of methoxy groups -OCH3 is 1. The third-order valence-electron chi connectivity index (χ3n) is 2.40. The Morgan fingerprint density at radius 2 is 2.27 bits per heavy atom. The average Bonchev–Trinajstić information content (AvgIpc) is 2.29. The van der Waals surface area contributed by atoms with E-state index in [1.54, 1.807) is 7.11 Å². The first kappa shape index (κ1) is 9.26. The molecule has 2 heterocycles. The Balaban J connectivity index is 0.000000605. The minimum absolute atomic E-state index is 0. The molecule has 2 aliphatic heterocycles. The maximum atomic E-state index is 5.59. The molecule has 0 saturated carbocycles. The van der Waals surface area contributed by atoms with Gasteiger partial charge in [0.05, 0.1) is 18.3 Å². The van der Waals surface area contributed by atoms with Gasteiger partial charge in [0.15, 0.2) is 0 Å². The number of halogens is 1. The van der Waals surface area contributed by atoms with E-state index in [-0.39, 0.29) is 18.0 Å². The predicted molar refractivity (Wildman–Crippen MR) is 44.2 cm³/mol. The second-order valence-corrected chi connectivity index (χ2v) is 3.16. The van der Waals surface area contributed by atoms with Gasteiger partial charge in [0, 0.05) is 26.6 Å². The van der Waals surface area contributed by atoms with E-state index in [0.29, 0.717) is 6.10 Å². The summed E-state index contributed by atoms with van der Waals surface area (Å²) in [4.78, 5) is 0. The molecule has 3 nitrogen and oxygen atoms in total. The molecule has 2 fully saturated rings. The summed E-state index contributed by atoms with van der Waals surface area (Å²) >= 11 is 0. The van der Waals surface area contributed by atoms with Crippen LogP contribution in [0.15, 0.2) is 0 Å². The molecule has 0 radical (unpaired) electrons. The standard InChI is InChI=1S/C7H13NO2.ClH/c1-9-6-2-7(10-3-6)4-8-5-7;/h6,8H,2-5H2,1H3;1H/t6-;/m1./s1. The number of nitrogens with one attached hydrogen (secondary N) is 1. The van der Waals surface area contributed by atoms with Crippen LogP contribution in [0.5, 0.6) is 0 Å². The molecule has 2 saturated heterocycles. The van der Waals surface area contributed by atoms with Crippen LogP contribution in [0, 0.1) is 0 Å². The van der Waals surface area contributed by atoms with Gasteiger partial charge in [-0.25, -0.2) is 0 Å². The zero-order valence-corrected chi connectivity index (χ0v) is 7.45. The molecule has 0 aliphatic carbocycles. The van der Waals surface area contributed by atoms with Crippen molar-refractivity contribution in [2.75, 3.05) is 26.8 Å². The maximum Gasteiger partial charge on any atom is 0.0956 e. The highest BCUT2D eigenvalue weighted by atomic mass is 35.5. The Hall–Kier alpha value is 0.170. The van der Waals surface area contributed by atoms with Crippen LogP contribution in [0.4, 0.5) is 0 Å². The van der Waals surface area contributed by atoms with E-state index in [1.807, 2.05) is 0 Å². The Morgan fingerprint density at radius 3 is 2.55 bits per heavy atom. The summed E-state index contributed by atoms with van der Waals surface area (Å²) in [6.45, 7) is 2.79. The van der Waals surface area contributed by atoms with E-state index >= 15 is 0 Å². The molecule has 2 aliphatic rings. The van der Waals surface area contributed by atoms with Crippen LogP contribution in [0.3, 0.4) is 0 Å². The van der Waals surface area contributed by atoms with Crippen molar-refractivity contribution in [3.8, 4) is 0 Å². The summed E-state index contributed by atoms with van der Waals surface area (Å²) in [5.74, 6) is 0. The van der Waals surface area contributed by atoms with Crippen LogP contribution in [-0.4, -0.2) is 38.5 Å². The van der Waals surface area contributed by atoms with Gasteiger partial charge in [-0.1, -0.05) is 0 Å². The molecular weight excluding hydrogens is 166 g/mol. The van der Waals surface area contributed by atoms with Gasteiger partial charge in [0.2, 0.25) is 0 Å². The highest BCUT2D eigenvalue weighted by Crippen LogP contribution is 2.30. The first-order chi connectivity index (χ1) is 4.85. The number of ether oxygens (including phenoxy) is 2. The summed E-state index contributed by atoms with van der Waals surface area (Å²) in [5.41, 5.74) is 0.153. The number of rotatable bonds is 1. The van der Waals surface area contributed by atoms with Crippen LogP contribution < -0.4 is 5.32 Å². The van der Waals surface area contributed by atoms with E-state index in [1.165, 1.54) is 0 Å². The van der Waals surface area contributed by atoms with Crippen LogP contribution in [0.2, 0.25) is 0 Å². The van der Waals surface area contributed by atoms with Crippen molar-refractivity contribution in [3.05, 3.63) is 0 Å². The maximum absolute atomic E-state index is 5.59. The molecule has 0 unspecified atom stereocenters. The van der Waals surface area contributed by atoms with Crippen molar-refractivity contribution in [1.29, 1.82) is 0 Å². The van der Waals surface area contributed by atoms with Crippen molar-refractivity contribution in [3.63, 3.8) is 0 Å². The first-order valence-corrected chi connectivity index (χ1v) is 3.72. The SMILES string of the molecule is CO[C@H]1COC2(CNC2)C1.Cl. The lowest BCUT2D eigenvalue weighted by Crippen LogP contribution is -2.59. The number of hydrogen-bond acceptors (Lipinski definition) is 3. The Bertz CT molecular complexity index is 138. The molecule has 66 valence electrons. The summed E-state index contributed by atoms with van der Waals surface area (Å²) in [6.07, 6.45) is 1.40. The third-order valence-corrected chi connectivity index (χ3v) is 2.40. The van der Waals surface area contributed by atoms with Crippen molar-refractivity contribution in [2.45, 2.75) is 18.1 Å². The zero-order chi connectivity index (χ0) is 7.03. The highest BCUT2D eigenvalue weighted by Gasteiger charge is 2.45. The molecule has 0 aromatic heterocycles. The second-order valence-electron chi connectivity index (χ2n) is 3.16. The molecule has 0 bridgehead atoms. The molecule has 0 amide bonds. The molecular formula is C7H14ClNO2. The fourth-order valence-electron chi connectivity index (χ4n) is 1.60. The average molecular weight is 180 g/mol. The minimum atomic E-state index is 0. The van der Waals surface area contributed by atoms with Gasteiger partial charge in [-0.05, 0) is 0 Å². The van der Waals surface area contributed by atoms with E-state index in [2.05, 4.69) is 5.32 Å². The molecule has 11 heavy (non-hydrogen) atoms. The van der Waals surface area contributed by atoms with Gasteiger partial charge in [-0.2, -0.15) is 0 Å². The molecule has 2 rings (SSSR count). The molecule has 1 N–H and O–H groups in total. The van der Waals surface area contributed by atoms with Crippen LogP contribution in [0.25, 0.3) is 0 Å². The van der Waals surface area contributed by atoms with Gasteiger partial charge < -0.3 is 14.8 Å². The third kappa shape index (κ3) is 1.51. The Labute approximate surface area is 72.8 Å². The monoisotopic (exact) mass is 179 g/mol. The summed E-state index contributed by atoms with van der Waals surface area (Å²) < 4.78 is 10.8. The molecule has 0 aromatic rings. The van der Waals surface area contributed by atoms with E-state index in [4.69, 9.17) is 9.47 Å². The van der Waals surface area contributed by atoms with Crippen molar-refractivity contribution >= 4 is 12.4 Å². The molecule has 4 heteroatoms. The Morgan fingerprint density at radius 1 is 1.55 bits per heavy atom. The quantitative estimate of drug-likeness (QED) is 0.623. The van der Waals surface area contributed by atoms with Crippen LogP contribution in [-0.2, 0) is 9.47 Å². The zero-order valence-electron chi connectivity index (χ0n) is 6.63. The second kappa shape index (κ2) is 3.27. The van der Waals surface area contributed by atoms with Gasteiger partial charge >= 0.3 is 0 Å². The van der Waals surface area contributed by atoms with Crippen LogP contribution >= 0.6 is 12.4 Å². The van der Waals surface area contributed by atoms with Crippen LogP contribution in [0.1, 0.15) is 6.42 Å². The van der Waals surface area contributed by atoms with Crippen molar-refractivity contribution in [1.82, 2.24) is 5.32 Å². The van der Waals surface area contributed by atoms with Gasteiger partial charge in [-0.3, -0.25) is 0 Å². The lowest BCUT2D eigenvalue weighted by molar-refractivity contribution is -0.0376. The molecule has 0 aromatic carbocycles.